The molecule has 0 aliphatic carbocycles. The lowest BCUT2D eigenvalue weighted by Crippen LogP contribution is -2.48. The molecule has 0 saturated carbocycles. The molecule has 6 nitrogen and oxygen atoms in total. The van der Waals surface area contributed by atoms with Gasteiger partial charge in [0.05, 0.1) is 11.4 Å². The third-order valence-corrected chi connectivity index (χ3v) is 6.50. The molecule has 0 radical (unpaired) electrons. The van der Waals surface area contributed by atoms with Crippen molar-refractivity contribution < 1.29 is 9.90 Å². The van der Waals surface area contributed by atoms with Crippen LogP contribution >= 0.6 is 0 Å². The average molecular weight is 465 g/mol. The van der Waals surface area contributed by atoms with Gasteiger partial charge in [-0.15, -0.1) is 0 Å². The molecule has 4 aromatic rings. The number of aromatic hydroxyl groups is 1. The summed E-state index contributed by atoms with van der Waals surface area (Å²) in [5.74, 6) is 0.333. The van der Waals surface area contributed by atoms with Gasteiger partial charge in [0, 0.05) is 49.4 Å². The van der Waals surface area contributed by atoms with Gasteiger partial charge in [-0.1, -0.05) is 42.5 Å². The molecule has 1 aromatic heterocycles. The Hall–Kier alpha value is -4.03. The van der Waals surface area contributed by atoms with Crippen LogP contribution in [0, 0.1) is 6.92 Å². The first-order valence-electron chi connectivity index (χ1n) is 11.8. The third-order valence-electron chi connectivity index (χ3n) is 6.50. The summed E-state index contributed by atoms with van der Waals surface area (Å²) in [6.07, 6.45) is 1.54. The van der Waals surface area contributed by atoms with Gasteiger partial charge in [-0.25, -0.2) is 9.97 Å². The van der Waals surface area contributed by atoms with Gasteiger partial charge in [-0.05, 0) is 54.4 Å². The summed E-state index contributed by atoms with van der Waals surface area (Å²) < 4.78 is 0. The number of rotatable bonds is 5. The summed E-state index contributed by atoms with van der Waals surface area (Å²) in [4.78, 5) is 26.2. The highest BCUT2D eigenvalue weighted by atomic mass is 16.3. The predicted molar refractivity (Wildman–Crippen MR) is 137 cm³/mol. The normalized spacial score (nSPS) is 14.1. The molecular weight excluding hydrogens is 436 g/mol. The number of piperazine rings is 1. The molecule has 1 N–H and O–H groups in total. The highest BCUT2D eigenvalue weighted by molar-refractivity contribution is 5.94. The Morgan fingerprint density at radius 3 is 2.17 bits per heavy atom. The number of nitrogens with zero attached hydrogens (tertiary/aromatic N) is 4. The monoisotopic (exact) mass is 464 g/mol. The van der Waals surface area contributed by atoms with E-state index < -0.39 is 0 Å². The fraction of sp³-hybridized carbons (Fsp3) is 0.207. The number of aromatic nitrogens is 2. The van der Waals surface area contributed by atoms with Crippen LogP contribution in [0.2, 0.25) is 0 Å². The number of aryl methyl sites for hydroxylation is 1. The zero-order valence-electron chi connectivity index (χ0n) is 19.8. The average Bonchev–Trinajstić information content (AvgIpc) is 2.91. The topological polar surface area (TPSA) is 69.6 Å². The SMILES string of the molecule is Cc1cc(-c2cc(-c3ccc(C(=O)N4CCN(Cc5ccccc5)CC4)cc3)ncn2)ccc1O. The van der Waals surface area contributed by atoms with E-state index in [1.54, 1.807) is 12.4 Å². The van der Waals surface area contributed by atoms with Crippen LogP contribution in [0.15, 0.2) is 85.2 Å². The summed E-state index contributed by atoms with van der Waals surface area (Å²) in [6, 6.07) is 25.4. The van der Waals surface area contributed by atoms with Crippen molar-refractivity contribution in [2.75, 3.05) is 26.2 Å². The van der Waals surface area contributed by atoms with Crippen molar-refractivity contribution in [2.45, 2.75) is 13.5 Å². The summed E-state index contributed by atoms with van der Waals surface area (Å²) in [6.45, 7) is 5.99. The van der Waals surface area contributed by atoms with Gasteiger partial charge >= 0.3 is 0 Å². The van der Waals surface area contributed by atoms with E-state index in [1.165, 1.54) is 5.56 Å². The minimum Gasteiger partial charge on any atom is -0.508 e. The number of benzene rings is 3. The maximum atomic E-state index is 13.1. The lowest BCUT2D eigenvalue weighted by molar-refractivity contribution is 0.0628. The molecule has 1 aliphatic rings. The molecule has 0 unspecified atom stereocenters. The highest BCUT2D eigenvalue weighted by Gasteiger charge is 2.22. The van der Waals surface area contributed by atoms with Crippen molar-refractivity contribution in [1.29, 1.82) is 0 Å². The second kappa shape index (κ2) is 10.1. The van der Waals surface area contributed by atoms with Crippen LogP contribution in [0.4, 0.5) is 0 Å². The largest absolute Gasteiger partial charge is 0.508 e. The molecule has 176 valence electrons. The van der Waals surface area contributed by atoms with Gasteiger partial charge in [-0.3, -0.25) is 9.69 Å². The molecule has 1 saturated heterocycles. The molecule has 3 aromatic carbocycles. The van der Waals surface area contributed by atoms with Crippen molar-refractivity contribution >= 4 is 5.91 Å². The van der Waals surface area contributed by atoms with E-state index in [1.807, 2.05) is 60.4 Å². The zero-order valence-corrected chi connectivity index (χ0v) is 19.8. The fourth-order valence-corrected chi connectivity index (χ4v) is 4.40. The molecule has 1 aliphatic heterocycles. The van der Waals surface area contributed by atoms with Crippen molar-refractivity contribution in [3.63, 3.8) is 0 Å². The summed E-state index contributed by atoms with van der Waals surface area (Å²) >= 11 is 0. The minimum absolute atomic E-state index is 0.0684. The molecule has 0 bridgehead atoms. The van der Waals surface area contributed by atoms with Crippen LogP contribution in [-0.4, -0.2) is 57.0 Å². The predicted octanol–water partition coefficient (Wildman–Crippen LogP) is 4.78. The van der Waals surface area contributed by atoms with Gasteiger partial charge in [0.1, 0.15) is 12.1 Å². The Labute approximate surface area is 205 Å². The molecule has 6 heteroatoms. The zero-order chi connectivity index (χ0) is 24.2. The van der Waals surface area contributed by atoms with Gasteiger partial charge in [-0.2, -0.15) is 0 Å². The second-order valence-electron chi connectivity index (χ2n) is 8.92. The number of amides is 1. The number of phenolic OH excluding ortho intramolecular Hbond substituents is 1. The Balaban J connectivity index is 1.24. The van der Waals surface area contributed by atoms with Crippen LogP contribution < -0.4 is 0 Å². The van der Waals surface area contributed by atoms with Crippen LogP contribution in [-0.2, 0) is 6.54 Å². The smallest absolute Gasteiger partial charge is 0.253 e. The van der Waals surface area contributed by atoms with Crippen LogP contribution in [0.5, 0.6) is 5.75 Å². The van der Waals surface area contributed by atoms with Crippen LogP contribution in [0.3, 0.4) is 0 Å². The maximum absolute atomic E-state index is 13.1. The van der Waals surface area contributed by atoms with Crippen LogP contribution in [0.1, 0.15) is 21.5 Å². The van der Waals surface area contributed by atoms with E-state index in [2.05, 4.69) is 39.1 Å². The first-order valence-corrected chi connectivity index (χ1v) is 11.8. The molecule has 0 atom stereocenters. The fourth-order valence-electron chi connectivity index (χ4n) is 4.40. The standard InChI is InChI=1S/C29H28N4O2/c1-21-17-25(11-12-28(21)34)27-18-26(30-20-31-27)23-7-9-24(10-8-23)29(35)33-15-13-32(14-16-33)19-22-5-3-2-4-6-22/h2-12,17-18,20,34H,13-16,19H2,1H3. The summed E-state index contributed by atoms with van der Waals surface area (Å²) in [5.41, 5.74) is 6.20. The van der Waals surface area contributed by atoms with Crippen molar-refractivity contribution in [3.05, 3.63) is 102 Å². The Morgan fingerprint density at radius 2 is 1.49 bits per heavy atom. The third kappa shape index (κ3) is 5.23. The number of carbonyl (C=O) groups excluding carboxylic acids is 1. The Morgan fingerprint density at radius 1 is 0.829 bits per heavy atom. The van der Waals surface area contributed by atoms with Gasteiger partial charge < -0.3 is 10.0 Å². The molecule has 0 spiro atoms. The summed E-state index contributed by atoms with van der Waals surface area (Å²) in [5, 5.41) is 9.80. The number of hydrogen-bond donors (Lipinski definition) is 1. The second-order valence-corrected chi connectivity index (χ2v) is 8.92. The van der Waals surface area contributed by atoms with Gasteiger partial charge in [0.15, 0.2) is 0 Å². The molecule has 1 fully saturated rings. The molecule has 5 rings (SSSR count). The maximum Gasteiger partial charge on any atom is 0.253 e. The van der Waals surface area contributed by atoms with Crippen molar-refractivity contribution in [2.24, 2.45) is 0 Å². The Bertz CT molecular complexity index is 1310. The first-order chi connectivity index (χ1) is 17.1. The molecule has 1 amide bonds. The van der Waals surface area contributed by atoms with Gasteiger partial charge in [0.25, 0.3) is 5.91 Å². The highest BCUT2D eigenvalue weighted by Crippen LogP contribution is 2.27. The number of carbonyl (C=O) groups is 1. The van der Waals surface area contributed by atoms with E-state index in [0.717, 1.165) is 60.8 Å². The van der Waals surface area contributed by atoms with Crippen LogP contribution in [0.25, 0.3) is 22.5 Å². The lowest BCUT2D eigenvalue weighted by Gasteiger charge is -2.34. The van der Waals surface area contributed by atoms with E-state index in [4.69, 9.17) is 0 Å². The van der Waals surface area contributed by atoms with Crippen molar-refractivity contribution in [1.82, 2.24) is 19.8 Å². The van der Waals surface area contributed by atoms with E-state index in [9.17, 15) is 9.90 Å². The summed E-state index contributed by atoms with van der Waals surface area (Å²) in [7, 11) is 0. The van der Waals surface area contributed by atoms with E-state index >= 15 is 0 Å². The van der Waals surface area contributed by atoms with Gasteiger partial charge in [0.2, 0.25) is 0 Å². The first kappa shape index (κ1) is 22.7. The molecular formula is C29H28N4O2. The number of phenols is 1. The Kier molecular flexibility index (Phi) is 6.55. The number of hydrogen-bond acceptors (Lipinski definition) is 5. The molecule has 35 heavy (non-hydrogen) atoms. The van der Waals surface area contributed by atoms with Crippen molar-refractivity contribution in [3.8, 4) is 28.3 Å². The quantitative estimate of drug-likeness (QED) is 0.460. The molecule has 2 heterocycles. The lowest BCUT2D eigenvalue weighted by atomic mass is 10.0. The van der Waals surface area contributed by atoms with E-state index in [-0.39, 0.29) is 11.7 Å². The minimum atomic E-state index is 0.0684. The van der Waals surface area contributed by atoms with E-state index in [0.29, 0.717) is 5.56 Å².